The molecule has 3 aliphatic heterocycles. The van der Waals surface area contributed by atoms with E-state index in [-0.39, 0.29) is 42.5 Å². The van der Waals surface area contributed by atoms with E-state index in [0.717, 1.165) is 16.5 Å². The molecule has 2 N–H and O–H groups in total. The number of carbonyl (C=O) groups excluding carboxylic acids is 1. The third-order valence-electron chi connectivity index (χ3n) is 7.16. The Hall–Kier alpha value is -3.45. The highest BCUT2D eigenvalue weighted by molar-refractivity contribution is 7.98. The van der Waals surface area contributed by atoms with E-state index in [2.05, 4.69) is 0 Å². The van der Waals surface area contributed by atoms with Gasteiger partial charge in [-0.1, -0.05) is 24.3 Å². The number of aromatic nitrogens is 1. The number of aliphatic hydroxyl groups is 2. The molecule has 3 aromatic rings. The summed E-state index contributed by atoms with van der Waals surface area (Å²) in [4.78, 5) is 29.2. The summed E-state index contributed by atoms with van der Waals surface area (Å²) in [5.41, 5.74) is 0.913. The zero-order chi connectivity index (χ0) is 27.3. The number of amides is 1. The number of benzene rings is 2. The van der Waals surface area contributed by atoms with Gasteiger partial charge < -0.3 is 24.6 Å². The van der Waals surface area contributed by atoms with Gasteiger partial charge in [-0.15, -0.1) is 11.8 Å². The smallest absolute Gasteiger partial charge is 0.278 e. The fourth-order valence-electron chi connectivity index (χ4n) is 5.34. The highest BCUT2D eigenvalue weighted by atomic mass is 32.2. The van der Waals surface area contributed by atoms with Crippen molar-refractivity contribution < 1.29 is 33.3 Å². The van der Waals surface area contributed by atoms with Gasteiger partial charge in [-0.2, -0.15) is 0 Å². The Bertz CT molecular complexity index is 1500. The number of fused-ring (bicyclic) bond motifs is 4. The Balaban J connectivity index is 1.61. The lowest BCUT2D eigenvalue weighted by Crippen LogP contribution is -2.66. The Morgan fingerprint density at radius 2 is 1.95 bits per heavy atom. The molecular weight excluding hydrogens is 532 g/mol. The predicted octanol–water partition coefficient (Wildman–Crippen LogP) is 2.00. The van der Waals surface area contributed by atoms with Crippen LogP contribution in [0.3, 0.4) is 0 Å². The summed E-state index contributed by atoms with van der Waals surface area (Å²) in [5.74, 6) is -2.41. The summed E-state index contributed by atoms with van der Waals surface area (Å²) in [6, 6.07) is 10.8. The zero-order valence-corrected chi connectivity index (χ0v) is 21.4. The van der Waals surface area contributed by atoms with E-state index in [1.807, 2.05) is 29.3 Å². The molecule has 1 fully saturated rings. The summed E-state index contributed by atoms with van der Waals surface area (Å²) < 4.78 is 42.5. The maximum Gasteiger partial charge on any atom is 0.278 e. The molecule has 1 amide bonds. The number of aliphatic hydroxyl groups excluding tert-OH is 2. The quantitative estimate of drug-likeness (QED) is 0.491. The van der Waals surface area contributed by atoms with Crippen LogP contribution in [0.4, 0.5) is 8.78 Å². The largest absolute Gasteiger partial charge is 0.484 e. The molecular formula is C27H25F2N3O6S. The Morgan fingerprint density at radius 3 is 2.77 bits per heavy atom. The molecule has 0 aliphatic carbocycles. The van der Waals surface area contributed by atoms with Gasteiger partial charge in [0.1, 0.15) is 18.9 Å². The van der Waals surface area contributed by atoms with Crippen molar-refractivity contribution in [1.29, 1.82) is 0 Å². The third kappa shape index (κ3) is 4.27. The average Bonchev–Trinajstić information content (AvgIpc) is 3.12. The zero-order valence-electron chi connectivity index (χ0n) is 20.6. The molecule has 3 aliphatic rings. The fourth-order valence-corrected chi connectivity index (χ4v) is 6.46. The number of pyridine rings is 1. The van der Waals surface area contributed by atoms with Gasteiger partial charge in [0.05, 0.1) is 25.9 Å². The van der Waals surface area contributed by atoms with Gasteiger partial charge in [-0.05, 0) is 23.3 Å². The van der Waals surface area contributed by atoms with Gasteiger partial charge in [0.15, 0.2) is 23.1 Å². The number of halogens is 2. The summed E-state index contributed by atoms with van der Waals surface area (Å²) in [6.45, 7) is -0.340. The van der Waals surface area contributed by atoms with Crippen molar-refractivity contribution in [1.82, 2.24) is 9.58 Å². The number of hydrogen-bond acceptors (Lipinski definition) is 8. The first-order valence-electron chi connectivity index (χ1n) is 12.4. The van der Waals surface area contributed by atoms with Crippen molar-refractivity contribution in [3.63, 3.8) is 0 Å². The topological polar surface area (TPSA) is 104 Å². The van der Waals surface area contributed by atoms with Gasteiger partial charge in [0.25, 0.3) is 5.91 Å². The lowest BCUT2D eigenvalue weighted by atomic mass is 9.93. The normalized spacial score (nSPS) is 20.9. The van der Waals surface area contributed by atoms with E-state index in [0.29, 0.717) is 5.56 Å². The van der Waals surface area contributed by atoms with Crippen LogP contribution in [0, 0.1) is 11.6 Å². The number of rotatable bonds is 5. The second kappa shape index (κ2) is 10.3. The molecule has 0 saturated carbocycles. The van der Waals surface area contributed by atoms with Crippen LogP contribution in [0.2, 0.25) is 0 Å². The first kappa shape index (κ1) is 25.8. The molecule has 1 aromatic heterocycles. The van der Waals surface area contributed by atoms with E-state index in [1.165, 1.54) is 28.7 Å². The first-order valence-corrected chi connectivity index (χ1v) is 13.4. The Kier molecular flexibility index (Phi) is 6.79. The van der Waals surface area contributed by atoms with Crippen LogP contribution in [-0.4, -0.2) is 70.9 Å². The summed E-state index contributed by atoms with van der Waals surface area (Å²) in [5, 5.41) is 20.9. The number of morpholine rings is 1. The molecule has 39 heavy (non-hydrogen) atoms. The number of thioether (sulfide) groups is 1. The molecule has 12 heteroatoms. The van der Waals surface area contributed by atoms with Crippen molar-refractivity contribution in [3.8, 4) is 5.75 Å². The Labute approximate surface area is 226 Å². The lowest BCUT2D eigenvalue weighted by Gasteiger charge is -2.51. The molecule has 0 spiro atoms. The highest BCUT2D eigenvalue weighted by Gasteiger charge is 2.46. The van der Waals surface area contributed by atoms with Crippen molar-refractivity contribution in [2.45, 2.75) is 29.0 Å². The molecule has 0 radical (unpaired) electrons. The molecule has 0 unspecified atom stereocenters. The van der Waals surface area contributed by atoms with Crippen LogP contribution in [0.15, 0.2) is 58.4 Å². The highest BCUT2D eigenvalue weighted by Crippen LogP contribution is 2.45. The predicted molar refractivity (Wildman–Crippen MR) is 137 cm³/mol. The van der Waals surface area contributed by atoms with Crippen LogP contribution in [0.25, 0.3) is 0 Å². The summed E-state index contributed by atoms with van der Waals surface area (Å²) >= 11 is 1.39. The molecule has 9 nitrogen and oxygen atoms in total. The van der Waals surface area contributed by atoms with E-state index in [1.54, 1.807) is 11.0 Å². The first-order chi connectivity index (χ1) is 18.9. The van der Waals surface area contributed by atoms with Crippen LogP contribution in [0.1, 0.15) is 33.2 Å². The summed E-state index contributed by atoms with van der Waals surface area (Å²) in [7, 11) is 0. The molecule has 0 bridgehead atoms. The van der Waals surface area contributed by atoms with Crippen LogP contribution < -0.4 is 15.2 Å². The maximum atomic E-state index is 15.2. The van der Waals surface area contributed by atoms with E-state index >= 15 is 4.39 Å². The lowest BCUT2D eigenvalue weighted by molar-refractivity contribution is -0.0201. The van der Waals surface area contributed by atoms with Crippen molar-refractivity contribution >= 4 is 17.7 Å². The summed E-state index contributed by atoms with van der Waals surface area (Å²) in [6.07, 6.45) is -0.442. The van der Waals surface area contributed by atoms with E-state index in [4.69, 9.17) is 9.47 Å². The van der Waals surface area contributed by atoms with Crippen molar-refractivity contribution in [3.05, 3.63) is 92.9 Å². The fraction of sp³-hybridized carbons (Fsp3) is 0.333. The van der Waals surface area contributed by atoms with Crippen LogP contribution in [-0.2, 0) is 10.5 Å². The molecule has 3 atom stereocenters. The monoisotopic (exact) mass is 557 g/mol. The van der Waals surface area contributed by atoms with Gasteiger partial charge in [0.2, 0.25) is 5.43 Å². The molecule has 1 saturated heterocycles. The van der Waals surface area contributed by atoms with Gasteiger partial charge in [-0.25, -0.2) is 8.78 Å². The van der Waals surface area contributed by atoms with E-state index < -0.39 is 54.5 Å². The van der Waals surface area contributed by atoms with Crippen molar-refractivity contribution in [2.24, 2.45) is 0 Å². The molecule has 4 heterocycles. The Morgan fingerprint density at radius 1 is 1.13 bits per heavy atom. The molecule has 204 valence electrons. The SMILES string of the molecule is O=C1c2c(OC[C@@H](O)CO)c(=O)ccn2N([C@@H]2c3ccccc3SCc3c2ccc(F)c3F)[C@@H]2COCCN12. The second-order valence-corrected chi connectivity index (χ2v) is 10.5. The number of nitrogens with zero attached hydrogens (tertiary/aromatic N) is 3. The number of hydrogen-bond donors (Lipinski definition) is 2. The minimum Gasteiger partial charge on any atom is -0.484 e. The van der Waals surface area contributed by atoms with Gasteiger partial charge in [0, 0.05) is 35.0 Å². The van der Waals surface area contributed by atoms with Gasteiger partial charge in [-0.3, -0.25) is 19.3 Å². The third-order valence-corrected chi connectivity index (χ3v) is 8.28. The second-order valence-electron chi connectivity index (χ2n) is 9.44. The minimum atomic E-state index is -1.26. The minimum absolute atomic E-state index is 0.0655. The number of ether oxygens (including phenoxy) is 2. The number of carbonyl (C=O) groups is 1. The van der Waals surface area contributed by atoms with Crippen molar-refractivity contribution in [2.75, 3.05) is 38.0 Å². The standard InChI is InChI=1S/C27H25F2N3O6S/c28-19-6-5-16-18(23(19)29)14-39-21-4-2-1-3-17(21)24(16)32-22-13-37-10-9-30(22)27(36)25-26(38-12-15(34)11-33)20(35)7-8-31(25)32/h1-8,15,22,24,33-34H,9-14H2/t15-,22+,24-/m0/s1. The van der Waals surface area contributed by atoms with E-state index in [9.17, 15) is 24.2 Å². The average molecular weight is 558 g/mol. The van der Waals surface area contributed by atoms with Crippen LogP contribution in [0.5, 0.6) is 5.75 Å². The molecule has 6 rings (SSSR count). The molecule has 2 aromatic carbocycles. The van der Waals surface area contributed by atoms with Gasteiger partial charge >= 0.3 is 0 Å². The maximum absolute atomic E-state index is 15.2. The van der Waals surface area contributed by atoms with Crippen LogP contribution >= 0.6 is 11.8 Å².